The molecule has 4 N–H and O–H groups in total. The van der Waals surface area contributed by atoms with Crippen molar-refractivity contribution < 1.29 is 4.79 Å². The Hall–Kier alpha value is -1.85. The number of H-pyrrole nitrogens is 1. The van der Waals surface area contributed by atoms with Crippen LogP contribution in [0.1, 0.15) is 13.3 Å². The first kappa shape index (κ1) is 9.24. The van der Waals surface area contributed by atoms with Crippen molar-refractivity contribution in [2.24, 2.45) is 0 Å². The normalized spacial score (nSPS) is 9.62. The zero-order chi connectivity index (χ0) is 9.84. The van der Waals surface area contributed by atoms with E-state index in [4.69, 9.17) is 5.73 Å². The number of hydrogen-bond acceptors (Lipinski definition) is 4. The number of nitrogen functional groups attached to an aromatic ring is 1. The topological polar surface area (TPSA) is 101 Å². The van der Waals surface area contributed by atoms with E-state index in [0.29, 0.717) is 0 Å². The van der Waals surface area contributed by atoms with Gasteiger partial charge in [-0.15, -0.1) is 0 Å². The molecule has 0 bridgehead atoms. The van der Waals surface area contributed by atoms with E-state index in [1.54, 1.807) is 6.92 Å². The third-order valence-electron chi connectivity index (χ3n) is 1.47. The maximum atomic E-state index is 11.1. The predicted octanol–water partition coefficient (Wildman–Crippen LogP) is -0.299. The molecule has 0 aliphatic carbocycles. The Balaban J connectivity index is 3.00. The summed E-state index contributed by atoms with van der Waals surface area (Å²) in [5.41, 5.74) is 4.94. The first-order valence-corrected chi connectivity index (χ1v) is 3.78. The molecule has 1 heterocycles. The lowest BCUT2D eigenvalue weighted by Crippen LogP contribution is -2.21. The van der Waals surface area contributed by atoms with E-state index in [2.05, 4.69) is 15.3 Å². The molecule has 1 aromatic rings. The molecule has 0 aromatic carbocycles. The van der Waals surface area contributed by atoms with E-state index in [-0.39, 0.29) is 23.8 Å². The van der Waals surface area contributed by atoms with Crippen LogP contribution in [-0.2, 0) is 4.79 Å². The molecular weight excluding hydrogens is 172 g/mol. The van der Waals surface area contributed by atoms with Crippen LogP contribution in [-0.4, -0.2) is 15.9 Å². The van der Waals surface area contributed by atoms with Crippen LogP contribution in [0.25, 0.3) is 0 Å². The second-order valence-electron chi connectivity index (χ2n) is 2.39. The summed E-state index contributed by atoms with van der Waals surface area (Å²) in [6.45, 7) is 1.68. The lowest BCUT2D eigenvalue weighted by Gasteiger charge is -2.03. The smallest absolute Gasteiger partial charge is 0.276 e. The van der Waals surface area contributed by atoms with Crippen molar-refractivity contribution in [2.45, 2.75) is 13.3 Å². The number of rotatable bonds is 2. The zero-order valence-corrected chi connectivity index (χ0v) is 7.13. The first-order chi connectivity index (χ1) is 6.15. The van der Waals surface area contributed by atoms with Gasteiger partial charge in [-0.05, 0) is 0 Å². The Morgan fingerprint density at radius 3 is 3.00 bits per heavy atom. The van der Waals surface area contributed by atoms with Gasteiger partial charge in [-0.25, -0.2) is 4.98 Å². The molecule has 6 nitrogen and oxygen atoms in total. The van der Waals surface area contributed by atoms with E-state index in [9.17, 15) is 9.59 Å². The third-order valence-corrected chi connectivity index (χ3v) is 1.47. The third kappa shape index (κ3) is 2.05. The van der Waals surface area contributed by atoms with Crippen LogP contribution < -0.4 is 16.6 Å². The summed E-state index contributed by atoms with van der Waals surface area (Å²) >= 11 is 0. The van der Waals surface area contributed by atoms with Crippen molar-refractivity contribution in [3.63, 3.8) is 0 Å². The maximum Gasteiger partial charge on any atom is 0.276 e. The average Bonchev–Trinajstić information content (AvgIpc) is 2.11. The van der Waals surface area contributed by atoms with Gasteiger partial charge in [0.2, 0.25) is 5.91 Å². The molecule has 0 fully saturated rings. The van der Waals surface area contributed by atoms with E-state index in [1.165, 1.54) is 6.33 Å². The Morgan fingerprint density at radius 2 is 2.46 bits per heavy atom. The number of aromatic amines is 1. The second-order valence-corrected chi connectivity index (χ2v) is 2.39. The lowest BCUT2D eigenvalue weighted by molar-refractivity contribution is -0.115. The van der Waals surface area contributed by atoms with Gasteiger partial charge in [-0.1, -0.05) is 6.92 Å². The molecule has 0 aliphatic heterocycles. The Labute approximate surface area is 74.2 Å². The van der Waals surface area contributed by atoms with Crippen molar-refractivity contribution in [3.8, 4) is 0 Å². The number of aromatic nitrogens is 2. The zero-order valence-electron chi connectivity index (χ0n) is 7.13. The van der Waals surface area contributed by atoms with Crippen LogP contribution in [0, 0.1) is 0 Å². The van der Waals surface area contributed by atoms with Crippen LogP contribution in [0.3, 0.4) is 0 Å². The van der Waals surface area contributed by atoms with Gasteiger partial charge in [-0.3, -0.25) is 9.59 Å². The highest BCUT2D eigenvalue weighted by atomic mass is 16.2. The lowest BCUT2D eigenvalue weighted by atomic mass is 10.4. The molecule has 6 heteroatoms. The minimum atomic E-state index is -0.450. The van der Waals surface area contributed by atoms with E-state index < -0.39 is 5.56 Å². The standard InChI is InChI=1S/C7H10N4O2/c1-2-4(12)11-5-6(8)9-3-10-7(5)13/h3H,2H2,1H3,(H,11,12)(H3,8,9,10,13). The number of carbonyl (C=O) groups excluding carboxylic acids is 1. The monoisotopic (exact) mass is 182 g/mol. The molecule has 0 radical (unpaired) electrons. The van der Waals surface area contributed by atoms with Crippen molar-refractivity contribution in [3.05, 3.63) is 16.7 Å². The quantitative estimate of drug-likeness (QED) is 0.584. The maximum absolute atomic E-state index is 11.1. The molecule has 0 aliphatic rings. The highest BCUT2D eigenvalue weighted by molar-refractivity contribution is 5.92. The Bertz CT molecular complexity index is 371. The number of nitrogens with one attached hydrogen (secondary N) is 2. The minimum Gasteiger partial charge on any atom is -0.382 e. The van der Waals surface area contributed by atoms with Gasteiger partial charge in [0, 0.05) is 6.42 Å². The highest BCUT2D eigenvalue weighted by Crippen LogP contribution is 2.06. The van der Waals surface area contributed by atoms with Gasteiger partial charge in [-0.2, -0.15) is 0 Å². The fourth-order valence-electron chi connectivity index (χ4n) is 0.762. The summed E-state index contributed by atoms with van der Waals surface area (Å²) in [5, 5.41) is 2.36. The van der Waals surface area contributed by atoms with Gasteiger partial charge >= 0.3 is 0 Å². The number of anilines is 2. The molecular formula is C7H10N4O2. The SMILES string of the molecule is CCC(=O)Nc1c(N)nc[nH]c1=O. The number of amides is 1. The number of nitrogens with zero attached hydrogens (tertiary/aromatic N) is 1. The minimum absolute atomic E-state index is 0.00866. The van der Waals surface area contributed by atoms with Gasteiger partial charge < -0.3 is 16.0 Å². The van der Waals surface area contributed by atoms with Crippen molar-refractivity contribution in [1.29, 1.82) is 0 Å². The molecule has 0 saturated carbocycles. The molecule has 70 valence electrons. The molecule has 1 rings (SSSR count). The fourth-order valence-corrected chi connectivity index (χ4v) is 0.762. The van der Waals surface area contributed by atoms with Crippen LogP contribution in [0.5, 0.6) is 0 Å². The van der Waals surface area contributed by atoms with Crippen molar-refractivity contribution in [1.82, 2.24) is 9.97 Å². The number of nitrogens with two attached hydrogens (primary N) is 1. The number of carbonyl (C=O) groups is 1. The van der Waals surface area contributed by atoms with Crippen LogP contribution >= 0.6 is 0 Å². The van der Waals surface area contributed by atoms with Gasteiger partial charge in [0.1, 0.15) is 5.69 Å². The van der Waals surface area contributed by atoms with Crippen LogP contribution in [0.4, 0.5) is 11.5 Å². The number of hydrogen-bond donors (Lipinski definition) is 3. The molecule has 0 unspecified atom stereocenters. The summed E-state index contributed by atoms with van der Waals surface area (Å²) in [5.74, 6) is -0.254. The van der Waals surface area contributed by atoms with Gasteiger partial charge in [0.25, 0.3) is 5.56 Å². The summed E-state index contributed by atoms with van der Waals surface area (Å²) in [6.07, 6.45) is 1.47. The van der Waals surface area contributed by atoms with Gasteiger partial charge in [0.15, 0.2) is 5.82 Å². The van der Waals surface area contributed by atoms with Crippen LogP contribution in [0.15, 0.2) is 11.1 Å². The van der Waals surface area contributed by atoms with Crippen molar-refractivity contribution in [2.75, 3.05) is 11.1 Å². The largest absolute Gasteiger partial charge is 0.382 e. The van der Waals surface area contributed by atoms with E-state index >= 15 is 0 Å². The molecule has 0 saturated heterocycles. The summed E-state index contributed by atoms with van der Waals surface area (Å²) < 4.78 is 0. The van der Waals surface area contributed by atoms with Crippen LogP contribution in [0.2, 0.25) is 0 Å². The molecule has 1 aromatic heterocycles. The summed E-state index contributed by atoms with van der Waals surface area (Å²) in [4.78, 5) is 28.0. The second kappa shape index (κ2) is 3.70. The average molecular weight is 182 g/mol. The predicted molar refractivity (Wildman–Crippen MR) is 48.2 cm³/mol. The van der Waals surface area contributed by atoms with Crippen molar-refractivity contribution >= 4 is 17.4 Å². The van der Waals surface area contributed by atoms with E-state index in [1.807, 2.05) is 0 Å². The highest BCUT2D eigenvalue weighted by Gasteiger charge is 2.07. The Morgan fingerprint density at radius 1 is 1.77 bits per heavy atom. The molecule has 13 heavy (non-hydrogen) atoms. The van der Waals surface area contributed by atoms with Gasteiger partial charge in [0.05, 0.1) is 6.33 Å². The first-order valence-electron chi connectivity index (χ1n) is 3.78. The fraction of sp³-hybridized carbons (Fsp3) is 0.286. The Kier molecular flexibility index (Phi) is 2.63. The summed E-state index contributed by atoms with van der Waals surface area (Å²) in [6, 6.07) is 0. The van der Waals surface area contributed by atoms with E-state index in [0.717, 1.165) is 0 Å². The molecule has 1 amide bonds. The molecule has 0 spiro atoms. The summed E-state index contributed by atoms with van der Waals surface area (Å²) in [7, 11) is 0. The molecule has 0 atom stereocenters.